The molecule has 1 aliphatic heterocycles. The maximum absolute atomic E-state index is 5.07. The van der Waals surface area contributed by atoms with E-state index in [1.807, 2.05) is 36.0 Å². The Bertz CT molecular complexity index is 1260. The number of nitrogens with zero attached hydrogens (tertiary/aromatic N) is 5. The number of fused-ring (bicyclic) bond motifs is 1. The third-order valence-electron chi connectivity index (χ3n) is 4.79. The Kier molecular flexibility index (Phi) is 3.94. The van der Waals surface area contributed by atoms with Crippen LogP contribution in [0.2, 0.25) is 0 Å². The Morgan fingerprint density at radius 2 is 1.86 bits per heavy atom. The first-order chi connectivity index (χ1) is 13.6. The maximum atomic E-state index is 5.07. The third kappa shape index (κ3) is 2.77. The summed E-state index contributed by atoms with van der Waals surface area (Å²) >= 11 is 1.64. The molecule has 6 heteroatoms. The van der Waals surface area contributed by atoms with Crippen molar-refractivity contribution in [3.8, 4) is 21.8 Å². The number of thiazole rings is 1. The van der Waals surface area contributed by atoms with Gasteiger partial charge in [-0.1, -0.05) is 23.3 Å². The van der Waals surface area contributed by atoms with E-state index in [9.17, 15) is 0 Å². The molecule has 4 heterocycles. The average Bonchev–Trinajstić information content (AvgIpc) is 3.38. The van der Waals surface area contributed by atoms with Crippen molar-refractivity contribution in [1.82, 2.24) is 14.6 Å². The van der Waals surface area contributed by atoms with Crippen molar-refractivity contribution in [2.45, 2.75) is 20.8 Å². The molecule has 0 spiro atoms. The fourth-order valence-electron chi connectivity index (χ4n) is 3.69. The molecule has 0 N–H and O–H groups in total. The molecule has 0 unspecified atom stereocenters. The van der Waals surface area contributed by atoms with Gasteiger partial charge >= 0.3 is 0 Å². The summed E-state index contributed by atoms with van der Waals surface area (Å²) in [5.41, 5.74) is 7.59. The molecule has 4 aromatic rings. The highest BCUT2D eigenvalue weighted by Gasteiger charge is 2.23. The zero-order valence-corrected chi connectivity index (χ0v) is 16.8. The molecule has 5 nitrogen and oxygen atoms in total. The summed E-state index contributed by atoms with van der Waals surface area (Å²) < 4.78 is 1.91. The first-order valence-electron chi connectivity index (χ1n) is 9.21. The molecule has 1 aromatic carbocycles. The lowest BCUT2D eigenvalue weighted by Gasteiger charge is -2.04. The Balaban J connectivity index is 1.77. The molecule has 0 amide bonds. The van der Waals surface area contributed by atoms with E-state index in [1.165, 1.54) is 11.1 Å². The molecule has 138 valence electrons. The van der Waals surface area contributed by atoms with Gasteiger partial charge in [0.15, 0.2) is 5.84 Å². The topological polar surface area (TPSA) is 54.9 Å². The molecule has 0 aliphatic carbocycles. The first kappa shape index (κ1) is 17.0. The number of aliphatic imine (C=N–C) groups is 2. The molecular formula is C22H19N5S. The molecule has 28 heavy (non-hydrogen) atoms. The lowest BCUT2D eigenvalue weighted by atomic mass is 10.0. The van der Waals surface area contributed by atoms with Crippen LogP contribution in [0, 0.1) is 20.8 Å². The van der Waals surface area contributed by atoms with Gasteiger partial charge in [0.1, 0.15) is 5.01 Å². The predicted octanol–water partition coefficient (Wildman–Crippen LogP) is 4.88. The SMILES string of the molecule is Cc1cc(C)cc(-c2nc(-c3c(C)nn4ccccc34)sc2C2=NCC=N2)c1. The van der Waals surface area contributed by atoms with Gasteiger partial charge in [0.2, 0.25) is 0 Å². The molecule has 0 atom stereocenters. The zero-order valence-electron chi connectivity index (χ0n) is 16.0. The van der Waals surface area contributed by atoms with E-state index < -0.39 is 0 Å². The van der Waals surface area contributed by atoms with Crippen molar-refractivity contribution in [2.75, 3.05) is 6.54 Å². The summed E-state index contributed by atoms with van der Waals surface area (Å²) in [6.45, 7) is 6.89. The van der Waals surface area contributed by atoms with E-state index in [-0.39, 0.29) is 0 Å². The standard InChI is InChI=1S/C22H19N5S/c1-13-10-14(2)12-16(11-13)19-20(21-23-7-8-24-21)28-22(25-19)18-15(3)26-27-9-5-4-6-17(18)27/h4-7,9-12H,8H2,1-3H3. The number of amidine groups is 1. The number of pyridine rings is 1. The molecule has 0 saturated carbocycles. The van der Waals surface area contributed by atoms with Crippen LogP contribution in [0.5, 0.6) is 0 Å². The van der Waals surface area contributed by atoms with Gasteiger partial charge in [-0.2, -0.15) is 5.10 Å². The molecular weight excluding hydrogens is 366 g/mol. The second-order valence-corrected chi connectivity index (χ2v) is 8.04. The molecule has 0 bridgehead atoms. The minimum Gasteiger partial charge on any atom is -0.260 e. The summed E-state index contributed by atoms with van der Waals surface area (Å²) in [6.07, 6.45) is 3.82. The second-order valence-electron chi connectivity index (χ2n) is 7.04. The van der Waals surface area contributed by atoms with Crippen molar-refractivity contribution in [2.24, 2.45) is 9.98 Å². The van der Waals surface area contributed by atoms with Crippen LogP contribution in [0.25, 0.3) is 27.3 Å². The van der Waals surface area contributed by atoms with Gasteiger partial charge in [0, 0.05) is 18.0 Å². The van der Waals surface area contributed by atoms with Crippen LogP contribution in [0.15, 0.2) is 52.6 Å². The zero-order chi connectivity index (χ0) is 19.3. The lowest BCUT2D eigenvalue weighted by Crippen LogP contribution is -1.94. The van der Waals surface area contributed by atoms with Crippen molar-refractivity contribution in [1.29, 1.82) is 0 Å². The fourth-order valence-corrected chi connectivity index (χ4v) is 4.85. The maximum Gasteiger partial charge on any atom is 0.167 e. The van der Waals surface area contributed by atoms with Crippen LogP contribution >= 0.6 is 11.3 Å². The number of rotatable bonds is 3. The Hall–Kier alpha value is -3.12. The van der Waals surface area contributed by atoms with Crippen LogP contribution in [0.4, 0.5) is 0 Å². The Morgan fingerprint density at radius 1 is 1.04 bits per heavy atom. The predicted molar refractivity (Wildman–Crippen MR) is 116 cm³/mol. The summed E-state index contributed by atoms with van der Waals surface area (Å²) in [6, 6.07) is 12.6. The van der Waals surface area contributed by atoms with Crippen LogP contribution in [-0.2, 0) is 0 Å². The number of hydrogen-bond acceptors (Lipinski definition) is 5. The van der Waals surface area contributed by atoms with E-state index in [4.69, 9.17) is 4.98 Å². The van der Waals surface area contributed by atoms with Crippen molar-refractivity contribution in [3.63, 3.8) is 0 Å². The monoisotopic (exact) mass is 385 g/mol. The van der Waals surface area contributed by atoms with Crippen LogP contribution < -0.4 is 0 Å². The van der Waals surface area contributed by atoms with Gasteiger partial charge in [-0.25, -0.2) is 14.5 Å². The van der Waals surface area contributed by atoms with Gasteiger partial charge in [-0.05, 0) is 45.0 Å². The second kappa shape index (κ2) is 6.49. The van der Waals surface area contributed by atoms with Crippen LogP contribution in [-0.4, -0.2) is 33.2 Å². The van der Waals surface area contributed by atoms with E-state index in [0.717, 1.165) is 43.8 Å². The summed E-state index contributed by atoms with van der Waals surface area (Å²) in [7, 11) is 0. The van der Waals surface area contributed by atoms with Crippen molar-refractivity contribution in [3.05, 3.63) is 64.3 Å². The van der Waals surface area contributed by atoms with Crippen LogP contribution in [0.3, 0.4) is 0 Å². The largest absolute Gasteiger partial charge is 0.260 e. The van der Waals surface area contributed by atoms with Gasteiger partial charge in [0.05, 0.1) is 33.9 Å². The summed E-state index contributed by atoms with van der Waals surface area (Å²) in [5, 5.41) is 5.60. The van der Waals surface area contributed by atoms with Gasteiger partial charge in [-0.3, -0.25) is 4.99 Å². The first-order valence-corrected chi connectivity index (χ1v) is 10.0. The Labute approximate surface area is 167 Å². The third-order valence-corrected chi connectivity index (χ3v) is 5.86. The smallest absolute Gasteiger partial charge is 0.167 e. The Morgan fingerprint density at radius 3 is 2.61 bits per heavy atom. The normalized spacial score (nSPS) is 13.5. The van der Waals surface area contributed by atoms with Crippen molar-refractivity contribution < 1.29 is 0 Å². The van der Waals surface area contributed by atoms with E-state index in [1.54, 1.807) is 11.3 Å². The minimum atomic E-state index is 0.630. The number of hydrogen-bond donors (Lipinski definition) is 0. The fraction of sp³-hybridized carbons (Fsp3) is 0.182. The van der Waals surface area contributed by atoms with Gasteiger partial charge in [0.25, 0.3) is 0 Å². The molecule has 5 rings (SSSR count). The molecule has 0 saturated heterocycles. The molecule has 0 radical (unpaired) electrons. The van der Waals surface area contributed by atoms with E-state index in [2.05, 4.69) is 53.2 Å². The van der Waals surface area contributed by atoms with Gasteiger partial charge in [-0.15, -0.1) is 11.3 Å². The number of benzene rings is 1. The van der Waals surface area contributed by atoms with Crippen LogP contribution in [0.1, 0.15) is 21.7 Å². The van der Waals surface area contributed by atoms with Gasteiger partial charge < -0.3 is 0 Å². The summed E-state index contributed by atoms with van der Waals surface area (Å²) in [5.74, 6) is 0.770. The molecule has 3 aromatic heterocycles. The highest BCUT2D eigenvalue weighted by Crippen LogP contribution is 2.38. The lowest BCUT2D eigenvalue weighted by molar-refractivity contribution is 0.934. The number of aromatic nitrogens is 3. The average molecular weight is 385 g/mol. The van der Waals surface area contributed by atoms with E-state index >= 15 is 0 Å². The highest BCUT2D eigenvalue weighted by atomic mass is 32.1. The van der Waals surface area contributed by atoms with E-state index in [0.29, 0.717) is 6.54 Å². The quantitative estimate of drug-likeness (QED) is 0.505. The number of aryl methyl sites for hydroxylation is 3. The highest BCUT2D eigenvalue weighted by molar-refractivity contribution is 7.17. The minimum absolute atomic E-state index is 0.630. The summed E-state index contributed by atoms with van der Waals surface area (Å²) in [4.78, 5) is 15.1. The molecule has 0 fully saturated rings. The molecule has 1 aliphatic rings. The van der Waals surface area contributed by atoms with Crippen molar-refractivity contribution >= 4 is 28.9 Å².